The molecule has 0 N–H and O–H groups in total. The van der Waals surface area contributed by atoms with Crippen molar-refractivity contribution in [2.75, 3.05) is 20.3 Å². The number of carbonyl (C=O) groups is 1. The van der Waals surface area contributed by atoms with Crippen molar-refractivity contribution < 1.29 is 9.53 Å². The van der Waals surface area contributed by atoms with Gasteiger partial charge in [0.1, 0.15) is 0 Å². The number of amidine groups is 1. The first-order chi connectivity index (χ1) is 16.0. The molecule has 4 rings (SSSR count). The standard InChI is InChI=1S/C26H26BrN3O2S/c1-18-15-20(19(2)30(18)23-12-7-9-21(27)17-23)16-24-25(31)29(13-8-14-32-3)26(33-24)28-22-10-5-4-6-11-22/h4-7,9-12,15-17H,8,13-14H2,1-3H3/b24-16-,28-26?. The highest BCUT2D eigenvalue weighted by Crippen LogP contribution is 2.35. The summed E-state index contributed by atoms with van der Waals surface area (Å²) in [5.41, 5.74) is 5.15. The second kappa shape index (κ2) is 10.5. The number of ether oxygens (including phenoxy) is 1. The number of aliphatic imine (C=N–C) groups is 1. The van der Waals surface area contributed by atoms with E-state index in [0.717, 1.165) is 39.2 Å². The van der Waals surface area contributed by atoms with E-state index >= 15 is 0 Å². The second-order valence-electron chi connectivity index (χ2n) is 7.79. The summed E-state index contributed by atoms with van der Waals surface area (Å²) in [6.07, 6.45) is 2.74. The third-order valence-electron chi connectivity index (χ3n) is 5.42. The van der Waals surface area contributed by atoms with Crippen LogP contribution < -0.4 is 0 Å². The summed E-state index contributed by atoms with van der Waals surface area (Å²) in [4.78, 5) is 20.5. The van der Waals surface area contributed by atoms with Crippen molar-refractivity contribution in [3.8, 4) is 5.69 Å². The SMILES string of the molecule is COCCCN1C(=O)/C(=C/c2cc(C)n(-c3cccc(Br)c3)c2C)SC1=Nc1ccccc1. The molecule has 0 unspecified atom stereocenters. The molecule has 0 spiro atoms. The lowest BCUT2D eigenvalue weighted by atomic mass is 10.2. The Morgan fingerprint density at radius 1 is 1.09 bits per heavy atom. The third kappa shape index (κ3) is 5.32. The minimum atomic E-state index is -0.0157. The fourth-order valence-electron chi connectivity index (χ4n) is 3.86. The highest BCUT2D eigenvalue weighted by atomic mass is 79.9. The minimum Gasteiger partial charge on any atom is -0.385 e. The molecule has 0 radical (unpaired) electrons. The monoisotopic (exact) mass is 523 g/mol. The summed E-state index contributed by atoms with van der Waals surface area (Å²) < 4.78 is 8.42. The Labute approximate surface area is 207 Å². The first-order valence-electron chi connectivity index (χ1n) is 10.8. The fraction of sp³-hybridized carbons (Fsp3) is 0.231. The Morgan fingerprint density at radius 2 is 1.88 bits per heavy atom. The van der Waals surface area contributed by atoms with Crippen LogP contribution in [0, 0.1) is 13.8 Å². The highest BCUT2D eigenvalue weighted by Gasteiger charge is 2.33. The summed E-state index contributed by atoms with van der Waals surface area (Å²) in [5, 5.41) is 0.703. The number of halogens is 1. The van der Waals surface area contributed by atoms with Crippen molar-refractivity contribution in [2.24, 2.45) is 4.99 Å². The topological polar surface area (TPSA) is 46.8 Å². The average molecular weight is 524 g/mol. The Bertz CT molecular complexity index is 1220. The molecular formula is C26H26BrN3O2S. The van der Waals surface area contributed by atoms with Gasteiger partial charge in [0.05, 0.1) is 10.6 Å². The molecule has 0 saturated carbocycles. The van der Waals surface area contributed by atoms with E-state index in [1.54, 1.807) is 12.0 Å². The van der Waals surface area contributed by atoms with E-state index in [2.05, 4.69) is 52.5 Å². The third-order valence-corrected chi connectivity index (χ3v) is 6.92. The number of hydrogen-bond donors (Lipinski definition) is 0. The van der Waals surface area contributed by atoms with Crippen molar-refractivity contribution in [2.45, 2.75) is 20.3 Å². The molecule has 5 nitrogen and oxygen atoms in total. The molecule has 1 fully saturated rings. The number of amides is 1. The molecule has 7 heteroatoms. The molecule has 1 saturated heterocycles. The molecule has 0 atom stereocenters. The van der Waals surface area contributed by atoms with Gasteiger partial charge in [0.15, 0.2) is 5.17 Å². The van der Waals surface area contributed by atoms with Crippen LogP contribution in [0.15, 0.2) is 75.0 Å². The lowest BCUT2D eigenvalue weighted by Gasteiger charge is -2.15. The molecule has 2 aromatic carbocycles. The zero-order valence-electron chi connectivity index (χ0n) is 18.9. The lowest BCUT2D eigenvalue weighted by Crippen LogP contribution is -2.30. The van der Waals surface area contributed by atoms with Crippen LogP contribution in [0.2, 0.25) is 0 Å². The number of carbonyl (C=O) groups excluding carboxylic acids is 1. The number of benzene rings is 2. The van der Waals surface area contributed by atoms with Gasteiger partial charge < -0.3 is 9.30 Å². The molecule has 0 bridgehead atoms. The van der Waals surface area contributed by atoms with Gasteiger partial charge in [0.2, 0.25) is 0 Å². The van der Waals surface area contributed by atoms with E-state index in [9.17, 15) is 4.79 Å². The molecule has 2 heterocycles. The van der Waals surface area contributed by atoms with E-state index in [-0.39, 0.29) is 5.91 Å². The van der Waals surface area contributed by atoms with Crippen molar-refractivity contribution in [3.63, 3.8) is 0 Å². The van der Waals surface area contributed by atoms with Crippen LogP contribution >= 0.6 is 27.7 Å². The van der Waals surface area contributed by atoms with E-state index < -0.39 is 0 Å². The largest absolute Gasteiger partial charge is 0.385 e. The van der Waals surface area contributed by atoms with Crippen molar-refractivity contribution in [3.05, 3.63) is 87.0 Å². The lowest BCUT2D eigenvalue weighted by molar-refractivity contribution is -0.122. The molecule has 1 amide bonds. The second-order valence-corrected chi connectivity index (χ2v) is 9.71. The molecule has 1 aliphatic heterocycles. The fourth-order valence-corrected chi connectivity index (χ4v) is 5.26. The number of hydrogen-bond acceptors (Lipinski definition) is 4. The minimum absolute atomic E-state index is 0.0157. The van der Waals surface area contributed by atoms with Gasteiger partial charge in [0, 0.05) is 41.8 Å². The van der Waals surface area contributed by atoms with Crippen molar-refractivity contribution >= 4 is 50.5 Å². The molecule has 3 aromatic rings. The zero-order chi connectivity index (χ0) is 23.4. The van der Waals surface area contributed by atoms with E-state index in [4.69, 9.17) is 9.73 Å². The van der Waals surface area contributed by atoms with Gasteiger partial charge in [-0.05, 0) is 80.1 Å². The maximum Gasteiger partial charge on any atom is 0.266 e. The van der Waals surface area contributed by atoms with E-state index in [0.29, 0.717) is 23.2 Å². The Morgan fingerprint density at radius 3 is 2.61 bits per heavy atom. The van der Waals surface area contributed by atoms with Crippen LogP contribution in [-0.2, 0) is 9.53 Å². The highest BCUT2D eigenvalue weighted by molar-refractivity contribution is 9.10. The van der Waals surface area contributed by atoms with Crippen molar-refractivity contribution in [1.29, 1.82) is 0 Å². The summed E-state index contributed by atoms with van der Waals surface area (Å²) >= 11 is 4.99. The number of nitrogens with zero attached hydrogens (tertiary/aromatic N) is 3. The van der Waals surface area contributed by atoms with Crippen molar-refractivity contribution in [1.82, 2.24) is 9.47 Å². The Balaban J connectivity index is 1.68. The summed E-state index contributed by atoms with van der Waals surface area (Å²) in [6, 6.07) is 20.1. The van der Waals surface area contributed by atoms with Gasteiger partial charge in [-0.25, -0.2) is 4.99 Å². The predicted octanol–water partition coefficient (Wildman–Crippen LogP) is 6.50. The van der Waals surface area contributed by atoms with Gasteiger partial charge in [0.25, 0.3) is 5.91 Å². The molecule has 1 aliphatic rings. The number of methoxy groups -OCH3 is 1. The van der Waals surface area contributed by atoms with Gasteiger partial charge in [-0.3, -0.25) is 9.69 Å². The van der Waals surface area contributed by atoms with Gasteiger partial charge in [-0.2, -0.15) is 0 Å². The average Bonchev–Trinajstić information content (AvgIpc) is 3.24. The van der Waals surface area contributed by atoms with Gasteiger partial charge in [-0.15, -0.1) is 0 Å². The number of para-hydroxylation sites is 1. The Hall–Kier alpha value is -2.61. The summed E-state index contributed by atoms with van der Waals surface area (Å²) in [7, 11) is 1.67. The summed E-state index contributed by atoms with van der Waals surface area (Å²) in [6.45, 7) is 5.33. The number of aryl methyl sites for hydroxylation is 1. The zero-order valence-corrected chi connectivity index (χ0v) is 21.3. The van der Waals surface area contributed by atoms with Crippen LogP contribution in [0.4, 0.5) is 5.69 Å². The quantitative estimate of drug-likeness (QED) is 0.262. The normalized spacial score (nSPS) is 16.4. The number of aromatic nitrogens is 1. The first-order valence-corrected chi connectivity index (χ1v) is 12.4. The van der Waals surface area contributed by atoms with Crippen LogP contribution in [0.25, 0.3) is 11.8 Å². The smallest absolute Gasteiger partial charge is 0.266 e. The maximum atomic E-state index is 13.3. The first kappa shape index (κ1) is 23.5. The van der Waals surface area contributed by atoms with Crippen LogP contribution in [0.5, 0.6) is 0 Å². The summed E-state index contributed by atoms with van der Waals surface area (Å²) in [5.74, 6) is -0.0157. The van der Waals surface area contributed by atoms with Crippen LogP contribution in [-0.4, -0.2) is 40.8 Å². The Kier molecular flexibility index (Phi) is 7.53. The van der Waals surface area contributed by atoms with Gasteiger partial charge in [-0.1, -0.05) is 40.2 Å². The maximum absolute atomic E-state index is 13.3. The van der Waals surface area contributed by atoms with Crippen LogP contribution in [0.3, 0.4) is 0 Å². The number of thioether (sulfide) groups is 1. The molecular weight excluding hydrogens is 498 g/mol. The number of rotatable bonds is 7. The molecule has 33 heavy (non-hydrogen) atoms. The predicted molar refractivity (Wildman–Crippen MR) is 140 cm³/mol. The van der Waals surface area contributed by atoms with E-state index in [1.165, 1.54) is 11.8 Å². The van der Waals surface area contributed by atoms with Gasteiger partial charge >= 0.3 is 0 Å². The van der Waals surface area contributed by atoms with E-state index in [1.807, 2.05) is 48.5 Å². The molecule has 170 valence electrons. The van der Waals surface area contributed by atoms with Crippen LogP contribution in [0.1, 0.15) is 23.4 Å². The molecule has 0 aliphatic carbocycles. The molecule has 1 aromatic heterocycles.